The van der Waals surface area contributed by atoms with Gasteiger partial charge in [-0.25, -0.2) is 0 Å². The van der Waals surface area contributed by atoms with Gasteiger partial charge in [0.1, 0.15) is 4.90 Å². The molecule has 140 valence electrons. The molecule has 4 aromatic rings. The molecule has 3 N–H and O–H groups in total. The van der Waals surface area contributed by atoms with E-state index in [9.17, 15) is 23.2 Å². The maximum atomic E-state index is 11.8. The first-order valence-corrected chi connectivity index (χ1v) is 9.65. The highest BCUT2D eigenvalue weighted by atomic mass is 32.2. The molecule has 7 nitrogen and oxygen atoms in total. The van der Waals surface area contributed by atoms with Crippen LogP contribution >= 0.6 is 0 Å². The number of azo groups is 1. The second-order valence-corrected chi connectivity index (χ2v) is 7.45. The summed E-state index contributed by atoms with van der Waals surface area (Å²) in [7, 11) is -4.78. The number of phenolic OH excluding ortho intramolecular Hbond substituents is 2. The van der Waals surface area contributed by atoms with Crippen LogP contribution in [0.25, 0.3) is 21.5 Å². The third-order valence-corrected chi connectivity index (χ3v) is 5.30. The number of nitrogens with zero attached hydrogens (tertiary/aromatic N) is 2. The van der Waals surface area contributed by atoms with Crippen LogP contribution in [0.5, 0.6) is 11.5 Å². The molecule has 8 heteroatoms. The number of phenols is 2. The van der Waals surface area contributed by atoms with Crippen LogP contribution in [0.3, 0.4) is 0 Å². The van der Waals surface area contributed by atoms with Crippen LogP contribution in [-0.4, -0.2) is 23.2 Å². The van der Waals surface area contributed by atoms with Crippen LogP contribution in [0.2, 0.25) is 0 Å². The predicted molar refractivity (Wildman–Crippen MR) is 105 cm³/mol. The van der Waals surface area contributed by atoms with Gasteiger partial charge in [0.05, 0.1) is 5.69 Å². The lowest BCUT2D eigenvalue weighted by Crippen LogP contribution is -2.00. The van der Waals surface area contributed by atoms with E-state index in [0.29, 0.717) is 5.69 Å². The van der Waals surface area contributed by atoms with E-state index in [4.69, 9.17) is 0 Å². The van der Waals surface area contributed by atoms with E-state index in [1.807, 2.05) is 30.3 Å². The standard InChI is InChI=1S/C20H14N2O5S/c23-18-14-9-3-4-10-15(14)20(28(25,26)27)19(24)17(18)22-21-16-11-5-7-12-6-1-2-8-13(12)16/h1-11,23-24H,(H,25,26,27). The molecule has 0 bridgehead atoms. The molecule has 4 aromatic carbocycles. The molecule has 0 aliphatic rings. The Balaban J connectivity index is 1.98. The van der Waals surface area contributed by atoms with Crippen LogP contribution in [0.4, 0.5) is 11.4 Å². The monoisotopic (exact) mass is 394 g/mol. The summed E-state index contributed by atoms with van der Waals surface area (Å²) in [5, 5.41) is 30.8. The van der Waals surface area contributed by atoms with Crippen molar-refractivity contribution in [2.24, 2.45) is 10.2 Å². The summed E-state index contributed by atoms with van der Waals surface area (Å²) in [6.45, 7) is 0. The Morgan fingerprint density at radius 3 is 2.00 bits per heavy atom. The van der Waals surface area contributed by atoms with E-state index in [2.05, 4.69) is 10.2 Å². The highest BCUT2D eigenvalue weighted by Gasteiger charge is 2.26. The third-order valence-electron chi connectivity index (χ3n) is 4.37. The fourth-order valence-corrected chi connectivity index (χ4v) is 3.91. The number of hydrogen-bond donors (Lipinski definition) is 3. The first-order valence-electron chi connectivity index (χ1n) is 8.21. The first kappa shape index (κ1) is 17.9. The van der Waals surface area contributed by atoms with Crippen LogP contribution in [0, 0.1) is 0 Å². The lowest BCUT2D eigenvalue weighted by atomic mass is 10.1. The molecule has 0 radical (unpaired) electrons. The third kappa shape index (κ3) is 2.94. The lowest BCUT2D eigenvalue weighted by Gasteiger charge is -2.11. The van der Waals surface area contributed by atoms with Crippen molar-refractivity contribution in [2.45, 2.75) is 4.90 Å². The maximum absolute atomic E-state index is 11.8. The Bertz CT molecular complexity index is 1360. The van der Waals surface area contributed by atoms with Crippen LogP contribution in [0.15, 0.2) is 81.9 Å². The minimum atomic E-state index is -4.78. The van der Waals surface area contributed by atoms with Crippen molar-refractivity contribution in [1.29, 1.82) is 0 Å². The molecular weight excluding hydrogens is 380 g/mol. The summed E-state index contributed by atoms with van der Waals surface area (Å²) in [6, 6.07) is 18.8. The minimum Gasteiger partial charge on any atom is -0.505 e. The fourth-order valence-electron chi connectivity index (χ4n) is 3.12. The van der Waals surface area contributed by atoms with Gasteiger partial charge in [-0.15, -0.1) is 10.2 Å². The van der Waals surface area contributed by atoms with Gasteiger partial charge in [-0.3, -0.25) is 4.55 Å². The van der Waals surface area contributed by atoms with E-state index in [0.717, 1.165) is 10.8 Å². The Hall–Kier alpha value is -3.49. The quantitative estimate of drug-likeness (QED) is 0.331. The summed E-state index contributed by atoms with van der Waals surface area (Å²) < 4.78 is 33.2. The summed E-state index contributed by atoms with van der Waals surface area (Å²) in [5.41, 5.74) is 0.0257. The van der Waals surface area contributed by atoms with Gasteiger partial charge in [-0.1, -0.05) is 60.7 Å². The largest absolute Gasteiger partial charge is 0.505 e. The number of fused-ring (bicyclic) bond motifs is 2. The van der Waals surface area contributed by atoms with Crippen molar-refractivity contribution in [3.05, 3.63) is 66.7 Å². The van der Waals surface area contributed by atoms with E-state index < -0.39 is 32.2 Å². The van der Waals surface area contributed by atoms with Crippen molar-refractivity contribution in [3.8, 4) is 11.5 Å². The molecule has 0 spiro atoms. The Labute approximate surface area is 160 Å². The minimum absolute atomic E-state index is 0.0240. The average Bonchev–Trinajstić information content (AvgIpc) is 2.67. The molecule has 0 atom stereocenters. The highest BCUT2D eigenvalue weighted by molar-refractivity contribution is 7.86. The number of hydrogen-bond acceptors (Lipinski definition) is 6. The van der Waals surface area contributed by atoms with Crippen LogP contribution < -0.4 is 0 Å². The molecule has 0 amide bonds. The molecular formula is C20H14N2O5S. The summed E-state index contributed by atoms with van der Waals surface area (Å²) in [5.74, 6) is -1.31. The van der Waals surface area contributed by atoms with Gasteiger partial charge in [-0.2, -0.15) is 8.42 Å². The SMILES string of the molecule is O=S(=O)(O)c1c(O)c(N=Nc2cccc3ccccc23)c(O)c2ccccc12. The van der Waals surface area contributed by atoms with Crippen molar-refractivity contribution in [1.82, 2.24) is 0 Å². The van der Waals surface area contributed by atoms with Crippen LogP contribution in [-0.2, 0) is 10.1 Å². The molecule has 0 heterocycles. The van der Waals surface area contributed by atoms with Crippen molar-refractivity contribution < 1.29 is 23.2 Å². The summed E-state index contributed by atoms with van der Waals surface area (Å²) in [6.07, 6.45) is 0. The fraction of sp³-hybridized carbons (Fsp3) is 0. The predicted octanol–water partition coefficient (Wildman–Crippen LogP) is 5.07. The highest BCUT2D eigenvalue weighted by Crippen LogP contribution is 2.48. The van der Waals surface area contributed by atoms with Gasteiger partial charge in [0, 0.05) is 16.2 Å². The van der Waals surface area contributed by atoms with Gasteiger partial charge < -0.3 is 10.2 Å². The van der Waals surface area contributed by atoms with Crippen LogP contribution in [0.1, 0.15) is 0 Å². The number of aromatic hydroxyl groups is 2. The van der Waals surface area contributed by atoms with Gasteiger partial charge in [0.15, 0.2) is 17.2 Å². The molecule has 0 unspecified atom stereocenters. The van der Waals surface area contributed by atoms with Gasteiger partial charge in [0.2, 0.25) is 0 Å². The zero-order valence-electron chi connectivity index (χ0n) is 14.3. The zero-order chi connectivity index (χ0) is 19.9. The van der Waals surface area contributed by atoms with E-state index in [1.165, 1.54) is 18.2 Å². The average molecular weight is 394 g/mol. The summed E-state index contributed by atoms with van der Waals surface area (Å²) in [4.78, 5) is -0.729. The molecule has 0 saturated carbocycles. The smallest absolute Gasteiger partial charge is 0.298 e. The molecule has 28 heavy (non-hydrogen) atoms. The molecule has 0 fully saturated rings. The van der Waals surface area contributed by atoms with Crippen molar-refractivity contribution in [3.63, 3.8) is 0 Å². The Morgan fingerprint density at radius 1 is 0.679 bits per heavy atom. The van der Waals surface area contributed by atoms with Gasteiger partial charge in [-0.05, 0) is 11.5 Å². The molecule has 0 aliphatic heterocycles. The normalized spacial score (nSPS) is 12.2. The summed E-state index contributed by atoms with van der Waals surface area (Å²) >= 11 is 0. The van der Waals surface area contributed by atoms with Gasteiger partial charge in [0.25, 0.3) is 10.1 Å². The Morgan fingerprint density at radius 2 is 1.29 bits per heavy atom. The van der Waals surface area contributed by atoms with Crippen molar-refractivity contribution in [2.75, 3.05) is 0 Å². The topological polar surface area (TPSA) is 120 Å². The zero-order valence-corrected chi connectivity index (χ0v) is 15.1. The lowest BCUT2D eigenvalue weighted by molar-refractivity contribution is 0.437. The van der Waals surface area contributed by atoms with E-state index >= 15 is 0 Å². The molecule has 0 saturated heterocycles. The van der Waals surface area contributed by atoms with E-state index in [-0.39, 0.29) is 10.8 Å². The number of benzene rings is 4. The first-order chi connectivity index (χ1) is 13.4. The maximum Gasteiger partial charge on any atom is 0.298 e. The number of rotatable bonds is 3. The second-order valence-electron chi connectivity index (χ2n) is 6.09. The van der Waals surface area contributed by atoms with Gasteiger partial charge >= 0.3 is 0 Å². The molecule has 0 aliphatic carbocycles. The Kier molecular flexibility index (Phi) is 4.21. The van der Waals surface area contributed by atoms with Crippen molar-refractivity contribution >= 4 is 43.0 Å². The molecule has 0 aromatic heterocycles. The van der Waals surface area contributed by atoms with E-state index in [1.54, 1.807) is 18.2 Å². The second kappa shape index (κ2) is 6.59. The molecule has 4 rings (SSSR count).